The Labute approximate surface area is 191 Å². The number of Topliss-reactive ketones (excluding diaryl/α,β-unsaturated/α-hetero) is 1. The van der Waals surface area contributed by atoms with E-state index < -0.39 is 28.4 Å². The van der Waals surface area contributed by atoms with Crippen LogP contribution in [0.25, 0.3) is 0 Å². The Bertz CT molecular complexity index is 1230. The molecule has 0 saturated carbocycles. The van der Waals surface area contributed by atoms with Crippen LogP contribution in [0, 0.1) is 0 Å². The van der Waals surface area contributed by atoms with Gasteiger partial charge in [-0.3, -0.25) is 4.79 Å². The third-order valence-corrected chi connectivity index (χ3v) is 6.39. The van der Waals surface area contributed by atoms with E-state index in [1.807, 2.05) is 6.07 Å². The van der Waals surface area contributed by atoms with Crippen LogP contribution in [-0.4, -0.2) is 33.9 Å². The van der Waals surface area contributed by atoms with Crippen LogP contribution in [0.4, 0.5) is 0 Å². The third-order valence-electron chi connectivity index (χ3n) is 4.51. The quantitative estimate of drug-likeness (QED) is 0.374. The number of carbonyl (C=O) groups is 2. The molecule has 7 nitrogen and oxygen atoms in total. The highest BCUT2D eigenvalue weighted by Crippen LogP contribution is 2.24. The highest BCUT2D eigenvalue weighted by Gasteiger charge is 2.21. The van der Waals surface area contributed by atoms with E-state index in [1.165, 1.54) is 19.2 Å². The number of methoxy groups -OCH3 is 1. The Hall–Kier alpha value is -3.20. The molecule has 3 aromatic rings. The molecule has 0 unspecified atom stereocenters. The molecule has 0 atom stereocenters. The van der Waals surface area contributed by atoms with Crippen LogP contribution in [0.2, 0.25) is 5.02 Å². The average Bonchev–Trinajstić information content (AvgIpc) is 2.81. The molecule has 3 aromatic carbocycles. The van der Waals surface area contributed by atoms with Crippen LogP contribution in [-0.2, 0) is 21.3 Å². The van der Waals surface area contributed by atoms with Crippen molar-refractivity contribution in [1.29, 1.82) is 0 Å². The van der Waals surface area contributed by atoms with Gasteiger partial charge in [-0.25, -0.2) is 17.9 Å². The summed E-state index contributed by atoms with van der Waals surface area (Å²) in [5, 5.41) is -0.0489. The number of esters is 1. The minimum absolute atomic E-state index is 0.0489. The first-order valence-electron chi connectivity index (χ1n) is 9.48. The Morgan fingerprint density at radius 1 is 0.969 bits per heavy atom. The van der Waals surface area contributed by atoms with Crippen LogP contribution in [0.5, 0.6) is 5.75 Å². The summed E-state index contributed by atoms with van der Waals surface area (Å²) in [6, 6.07) is 19.2. The van der Waals surface area contributed by atoms with Crippen molar-refractivity contribution >= 4 is 33.4 Å². The molecular formula is C23H20ClNO6S. The van der Waals surface area contributed by atoms with E-state index in [0.717, 1.165) is 11.6 Å². The van der Waals surface area contributed by atoms with Crippen LogP contribution in [0.3, 0.4) is 0 Å². The van der Waals surface area contributed by atoms with Crippen molar-refractivity contribution < 1.29 is 27.5 Å². The maximum absolute atomic E-state index is 12.7. The fraction of sp³-hybridized carbons (Fsp3) is 0.130. The standard InChI is InChI=1S/C23H20ClNO6S/c1-30-21-10-6-5-9-18(21)20(26)15-31-23(27)17-11-12-19(24)22(13-17)32(28,29)25-14-16-7-3-2-4-8-16/h2-13,25H,14-15H2,1H3. The maximum Gasteiger partial charge on any atom is 0.338 e. The fourth-order valence-corrected chi connectivity index (χ4v) is 4.40. The van der Waals surface area contributed by atoms with E-state index in [-0.39, 0.29) is 27.6 Å². The first kappa shape index (κ1) is 23.5. The lowest BCUT2D eigenvalue weighted by atomic mass is 10.1. The van der Waals surface area contributed by atoms with Gasteiger partial charge < -0.3 is 9.47 Å². The predicted octanol–water partition coefficient (Wildman–Crippen LogP) is 3.87. The number of halogens is 1. The van der Waals surface area contributed by atoms with Gasteiger partial charge in [0.25, 0.3) is 0 Å². The van der Waals surface area contributed by atoms with Gasteiger partial charge in [0.05, 0.1) is 23.3 Å². The summed E-state index contributed by atoms with van der Waals surface area (Å²) in [5.74, 6) is -0.954. The third kappa shape index (κ3) is 5.73. The number of ketones is 1. The van der Waals surface area contributed by atoms with Crippen LogP contribution < -0.4 is 9.46 Å². The number of sulfonamides is 1. The SMILES string of the molecule is COc1ccccc1C(=O)COC(=O)c1ccc(Cl)c(S(=O)(=O)NCc2ccccc2)c1. The van der Waals surface area contributed by atoms with Crippen LogP contribution in [0.15, 0.2) is 77.7 Å². The van der Waals surface area contributed by atoms with Crippen molar-refractivity contribution in [2.24, 2.45) is 0 Å². The molecule has 0 amide bonds. The second-order valence-corrected chi connectivity index (χ2v) is 8.80. The van der Waals surface area contributed by atoms with Crippen molar-refractivity contribution in [2.45, 2.75) is 11.4 Å². The number of hydrogen-bond donors (Lipinski definition) is 1. The van der Waals surface area contributed by atoms with Gasteiger partial charge in [-0.1, -0.05) is 54.1 Å². The average molecular weight is 474 g/mol. The van der Waals surface area contributed by atoms with Crippen LogP contribution >= 0.6 is 11.6 Å². The highest BCUT2D eigenvalue weighted by molar-refractivity contribution is 7.89. The summed E-state index contributed by atoms with van der Waals surface area (Å²) in [6.07, 6.45) is 0. The van der Waals surface area contributed by atoms with E-state index in [0.29, 0.717) is 5.75 Å². The number of para-hydroxylation sites is 1. The molecule has 0 fully saturated rings. The summed E-state index contributed by atoms with van der Waals surface area (Å²) in [5.41, 5.74) is 0.979. The van der Waals surface area contributed by atoms with Crippen LogP contribution in [0.1, 0.15) is 26.3 Å². The Balaban J connectivity index is 1.71. The van der Waals surface area contributed by atoms with Gasteiger partial charge in [-0.05, 0) is 35.9 Å². The van der Waals surface area contributed by atoms with Gasteiger partial charge in [0, 0.05) is 6.54 Å². The summed E-state index contributed by atoms with van der Waals surface area (Å²) in [4.78, 5) is 24.6. The molecule has 9 heteroatoms. The molecule has 32 heavy (non-hydrogen) atoms. The summed E-state index contributed by atoms with van der Waals surface area (Å²) in [7, 11) is -2.57. The van der Waals surface area contributed by atoms with E-state index >= 15 is 0 Å². The topological polar surface area (TPSA) is 98.8 Å². The largest absolute Gasteiger partial charge is 0.496 e. The molecule has 0 aliphatic carbocycles. The highest BCUT2D eigenvalue weighted by atomic mass is 35.5. The molecule has 0 radical (unpaired) electrons. The van der Waals surface area contributed by atoms with Crippen molar-refractivity contribution in [1.82, 2.24) is 4.72 Å². The van der Waals surface area contributed by atoms with Crippen molar-refractivity contribution in [3.05, 3.63) is 94.5 Å². The van der Waals surface area contributed by atoms with E-state index in [2.05, 4.69) is 4.72 Å². The van der Waals surface area contributed by atoms with E-state index in [1.54, 1.807) is 48.5 Å². The van der Waals surface area contributed by atoms with Gasteiger partial charge in [0.15, 0.2) is 6.61 Å². The zero-order chi connectivity index (χ0) is 23.1. The van der Waals surface area contributed by atoms with E-state index in [9.17, 15) is 18.0 Å². The lowest BCUT2D eigenvalue weighted by molar-refractivity contribution is 0.0473. The predicted molar refractivity (Wildman–Crippen MR) is 120 cm³/mol. The number of ether oxygens (including phenoxy) is 2. The smallest absolute Gasteiger partial charge is 0.338 e. The lowest BCUT2D eigenvalue weighted by Gasteiger charge is -2.11. The Morgan fingerprint density at radius 3 is 2.38 bits per heavy atom. The molecule has 0 heterocycles. The second kappa shape index (κ2) is 10.4. The van der Waals surface area contributed by atoms with Gasteiger partial charge in [-0.15, -0.1) is 0 Å². The number of carbonyl (C=O) groups excluding carboxylic acids is 2. The van der Waals surface area contributed by atoms with E-state index in [4.69, 9.17) is 21.1 Å². The lowest BCUT2D eigenvalue weighted by Crippen LogP contribution is -2.24. The fourth-order valence-electron chi connectivity index (χ4n) is 2.86. The molecule has 3 rings (SSSR count). The van der Waals surface area contributed by atoms with Gasteiger partial charge in [-0.2, -0.15) is 0 Å². The van der Waals surface area contributed by atoms with Gasteiger partial charge in [0.2, 0.25) is 15.8 Å². The number of nitrogens with one attached hydrogen (secondary N) is 1. The number of benzene rings is 3. The monoisotopic (exact) mass is 473 g/mol. The van der Waals surface area contributed by atoms with Gasteiger partial charge >= 0.3 is 5.97 Å². The summed E-state index contributed by atoms with van der Waals surface area (Å²) >= 11 is 6.07. The molecule has 1 N–H and O–H groups in total. The maximum atomic E-state index is 12.7. The Morgan fingerprint density at radius 2 is 1.66 bits per heavy atom. The summed E-state index contributed by atoms with van der Waals surface area (Å²) < 4.78 is 38.1. The molecule has 166 valence electrons. The first-order valence-corrected chi connectivity index (χ1v) is 11.3. The number of hydrogen-bond acceptors (Lipinski definition) is 6. The second-order valence-electron chi connectivity index (χ2n) is 6.65. The van der Waals surface area contributed by atoms with Crippen molar-refractivity contribution in [2.75, 3.05) is 13.7 Å². The Kier molecular flexibility index (Phi) is 7.63. The normalized spacial score (nSPS) is 11.1. The first-order chi connectivity index (χ1) is 15.3. The molecule has 0 aliphatic rings. The zero-order valence-corrected chi connectivity index (χ0v) is 18.7. The van der Waals surface area contributed by atoms with Crippen molar-refractivity contribution in [3.63, 3.8) is 0 Å². The van der Waals surface area contributed by atoms with Gasteiger partial charge in [0.1, 0.15) is 10.6 Å². The zero-order valence-electron chi connectivity index (χ0n) is 17.1. The molecule has 0 saturated heterocycles. The van der Waals surface area contributed by atoms with Crippen molar-refractivity contribution in [3.8, 4) is 5.75 Å². The molecule has 0 bridgehead atoms. The minimum atomic E-state index is -4.00. The molecule has 0 aromatic heterocycles. The summed E-state index contributed by atoms with van der Waals surface area (Å²) in [6.45, 7) is -0.474. The molecular weight excluding hydrogens is 454 g/mol. The molecule has 0 aliphatic heterocycles. The molecule has 0 spiro atoms. The number of rotatable bonds is 9. The minimum Gasteiger partial charge on any atom is -0.496 e.